The van der Waals surface area contributed by atoms with E-state index in [4.69, 9.17) is 40.5 Å². The Bertz CT molecular complexity index is 1860. The largest absolute Gasteiger partial charge is 0.456 e. The van der Waals surface area contributed by atoms with Gasteiger partial charge in [0, 0.05) is 41.9 Å². The molecule has 0 bridgehead atoms. The molecule has 4 heterocycles. The van der Waals surface area contributed by atoms with Crippen LogP contribution < -0.4 is 9.46 Å². The molecule has 2 aliphatic rings. The number of imidazole rings is 1. The highest BCUT2D eigenvalue weighted by Crippen LogP contribution is 2.35. The minimum atomic E-state index is -2.25. The summed E-state index contributed by atoms with van der Waals surface area (Å²) in [5.41, 5.74) is 5.52. The number of benzene rings is 2. The maximum atomic E-state index is 12.7. The number of rotatable bonds is 11. The SMILES string of the molecule is CC(C)=S(C)(=O)Nc1ccc(-c2ccc(-c3nc4c(cc3Cl)nc(OC3COC5C(O)COC35)n4COCC[Si](C)(C)C)cc2)cc1. The molecular weight excluding hydrogens is 656 g/mol. The Hall–Kier alpha value is -2.97. The third kappa shape index (κ3) is 7.54. The van der Waals surface area contributed by atoms with Crippen LogP contribution in [0.25, 0.3) is 33.5 Å². The van der Waals surface area contributed by atoms with Crippen molar-refractivity contribution in [2.75, 3.05) is 30.8 Å². The van der Waals surface area contributed by atoms with E-state index in [0.717, 1.165) is 33.3 Å². The van der Waals surface area contributed by atoms with Gasteiger partial charge in [0.2, 0.25) is 0 Å². The molecule has 2 aromatic heterocycles. The number of fused-ring (bicyclic) bond motifs is 2. The fourth-order valence-electron chi connectivity index (χ4n) is 5.51. The number of halogens is 1. The molecule has 252 valence electrons. The monoisotopic (exact) mass is 698 g/mol. The Balaban J connectivity index is 1.27. The van der Waals surface area contributed by atoms with Crippen molar-refractivity contribution in [2.24, 2.45) is 0 Å². The van der Waals surface area contributed by atoms with E-state index in [2.05, 4.69) is 24.4 Å². The third-order valence-corrected chi connectivity index (χ3v) is 12.7. The normalized spacial score (nSPS) is 22.3. The smallest absolute Gasteiger partial charge is 0.301 e. The number of aromatic nitrogens is 3. The molecule has 5 atom stereocenters. The standard InChI is InChI=1S/C34H43ClN4O6SSi/c1-21(2)46(3,41)38-25-13-11-23(12-14-25)22-7-9-24(10-8-22)30-26(35)17-27-33(37-30)39(20-42-15-16-47(4,5)6)34(36-27)45-29-19-44-31-28(40)18-43-32(29)31/h7-14,17,28-29,31-32,40H,15-16,18-20H2,1-6H3,(H,38,41). The highest BCUT2D eigenvalue weighted by Gasteiger charge is 2.49. The highest BCUT2D eigenvalue weighted by atomic mass is 35.5. The van der Waals surface area contributed by atoms with Gasteiger partial charge in [0.15, 0.2) is 11.8 Å². The Kier molecular flexibility index (Phi) is 9.74. The number of ether oxygens (including phenoxy) is 4. The lowest BCUT2D eigenvalue weighted by Crippen LogP contribution is -2.35. The topological polar surface area (TPSA) is 117 Å². The fraction of sp³-hybridized carbons (Fsp3) is 0.441. The predicted octanol–water partition coefficient (Wildman–Crippen LogP) is 6.09. The second-order valence-corrected chi connectivity index (χ2v) is 22.4. The zero-order valence-corrected chi connectivity index (χ0v) is 30.2. The van der Waals surface area contributed by atoms with Crippen molar-refractivity contribution in [1.82, 2.24) is 14.5 Å². The van der Waals surface area contributed by atoms with E-state index in [0.29, 0.717) is 34.5 Å². The molecule has 4 aromatic rings. The molecule has 2 aromatic carbocycles. The van der Waals surface area contributed by atoms with Gasteiger partial charge in [0.05, 0.1) is 23.9 Å². The molecule has 0 amide bonds. The summed E-state index contributed by atoms with van der Waals surface area (Å²) in [5.74, 6) is 0. The van der Waals surface area contributed by atoms with Crippen molar-refractivity contribution in [2.45, 2.75) is 70.7 Å². The molecule has 6 rings (SSSR count). The van der Waals surface area contributed by atoms with Gasteiger partial charge >= 0.3 is 6.01 Å². The number of nitrogens with one attached hydrogen (secondary N) is 1. The summed E-state index contributed by atoms with van der Waals surface area (Å²) in [5, 5.41) is 10.7. The van der Waals surface area contributed by atoms with Gasteiger partial charge in [-0.25, -0.2) is 9.19 Å². The van der Waals surface area contributed by atoms with E-state index in [9.17, 15) is 9.32 Å². The van der Waals surface area contributed by atoms with Gasteiger partial charge < -0.3 is 28.8 Å². The molecule has 0 spiro atoms. The van der Waals surface area contributed by atoms with Crippen LogP contribution in [0.1, 0.15) is 13.8 Å². The van der Waals surface area contributed by atoms with E-state index in [1.807, 2.05) is 66.9 Å². The van der Waals surface area contributed by atoms with Crippen LogP contribution in [0.15, 0.2) is 54.6 Å². The summed E-state index contributed by atoms with van der Waals surface area (Å²) in [7, 11) is -3.55. The van der Waals surface area contributed by atoms with Crippen LogP contribution in [0, 0.1) is 0 Å². The molecule has 13 heteroatoms. The van der Waals surface area contributed by atoms with Gasteiger partial charge in [0.1, 0.15) is 30.6 Å². The Labute approximate surface area is 282 Å². The molecule has 2 aliphatic heterocycles. The van der Waals surface area contributed by atoms with Crippen molar-refractivity contribution in [3.8, 4) is 28.4 Å². The van der Waals surface area contributed by atoms with Crippen LogP contribution in [0.5, 0.6) is 6.01 Å². The van der Waals surface area contributed by atoms with Crippen LogP contribution >= 0.6 is 11.6 Å². The van der Waals surface area contributed by atoms with Crippen molar-refractivity contribution in [1.29, 1.82) is 0 Å². The first-order valence-electron chi connectivity index (χ1n) is 15.8. The minimum absolute atomic E-state index is 0.210. The van der Waals surface area contributed by atoms with Crippen LogP contribution in [0.4, 0.5) is 5.69 Å². The Morgan fingerprint density at radius 1 is 1.02 bits per heavy atom. The number of hydrogen-bond acceptors (Lipinski definition) is 8. The molecule has 5 unspecified atom stereocenters. The molecule has 0 aliphatic carbocycles. The molecule has 10 nitrogen and oxygen atoms in total. The number of hydrogen-bond donors (Lipinski definition) is 2. The maximum absolute atomic E-state index is 12.7. The average molecular weight is 699 g/mol. The van der Waals surface area contributed by atoms with E-state index < -0.39 is 36.1 Å². The zero-order valence-electron chi connectivity index (χ0n) is 27.7. The number of anilines is 1. The van der Waals surface area contributed by atoms with Gasteiger partial charge in [-0.05, 0) is 54.1 Å². The van der Waals surface area contributed by atoms with Crippen molar-refractivity contribution in [3.05, 3.63) is 59.6 Å². The summed E-state index contributed by atoms with van der Waals surface area (Å²) in [6.45, 7) is 12.0. The highest BCUT2D eigenvalue weighted by molar-refractivity contribution is 8.02. The predicted molar refractivity (Wildman–Crippen MR) is 191 cm³/mol. The van der Waals surface area contributed by atoms with E-state index in [1.165, 1.54) is 0 Å². The van der Waals surface area contributed by atoms with E-state index >= 15 is 0 Å². The number of aliphatic hydroxyl groups is 1. The van der Waals surface area contributed by atoms with Gasteiger partial charge in [-0.1, -0.05) is 67.6 Å². The van der Waals surface area contributed by atoms with Crippen LogP contribution in [-0.4, -0.2) is 87.3 Å². The fourth-order valence-corrected chi connectivity index (χ4v) is 7.31. The molecule has 0 radical (unpaired) electrons. The molecule has 2 fully saturated rings. The summed E-state index contributed by atoms with van der Waals surface area (Å²) >= 11 is 6.81. The quantitative estimate of drug-likeness (QED) is 0.110. The molecular formula is C34H43ClN4O6SSi. The lowest BCUT2D eigenvalue weighted by molar-refractivity contribution is 0.00336. The second kappa shape index (κ2) is 13.5. The maximum Gasteiger partial charge on any atom is 0.301 e. The molecule has 2 saturated heterocycles. The van der Waals surface area contributed by atoms with Gasteiger partial charge in [-0.3, -0.25) is 4.57 Å². The zero-order chi connectivity index (χ0) is 33.5. The van der Waals surface area contributed by atoms with Crippen LogP contribution in [0.2, 0.25) is 30.7 Å². The lowest BCUT2D eigenvalue weighted by Gasteiger charge is -2.19. The number of pyridine rings is 1. The summed E-state index contributed by atoms with van der Waals surface area (Å²) in [4.78, 5) is 10.6. The lowest BCUT2D eigenvalue weighted by atomic mass is 10.0. The van der Waals surface area contributed by atoms with Crippen molar-refractivity contribution in [3.63, 3.8) is 0 Å². The van der Waals surface area contributed by atoms with E-state index in [-0.39, 0.29) is 26.0 Å². The van der Waals surface area contributed by atoms with E-state index in [1.54, 1.807) is 12.3 Å². The second-order valence-electron chi connectivity index (χ2n) is 13.7. The summed E-state index contributed by atoms with van der Waals surface area (Å²) in [6, 6.07) is 19.1. The average Bonchev–Trinajstić information content (AvgIpc) is 3.69. The van der Waals surface area contributed by atoms with Crippen LogP contribution in [-0.2, 0) is 30.6 Å². The minimum Gasteiger partial charge on any atom is -0.456 e. The van der Waals surface area contributed by atoms with Crippen LogP contribution in [0.3, 0.4) is 0 Å². The number of aliphatic hydroxyl groups excluding tert-OH is 1. The Morgan fingerprint density at radius 2 is 1.66 bits per heavy atom. The number of nitrogens with zero attached hydrogens (tertiary/aromatic N) is 3. The summed E-state index contributed by atoms with van der Waals surface area (Å²) in [6.07, 6.45) is -0.184. The first-order valence-corrected chi connectivity index (χ1v) is 21.8. The molecule has 2 N–H and O–H groups in total. The first-order chi connectivity index (χ1) is 22.3. The first kappa shape index (κ1) is 33.9. The third-order valence-electron chi connectivity index (χ3n) is 8.56. The van der Waals surface area contributed by atoms with Gasteiger partial charge in [0.25, 0.3) is 0 Å². The molecule has 0 saturated carbocycles. The van der Waals surface area contributed by atoms with Crippen molar-refractivity contribution < 1.29 is 28.3 Å². The summed E-state index contributed by atoms with van der Waals surface area (Å²) < 4.78 is 41.8. The van der Waals surface area contributed by atoms with Crippen molar-refractivity contribution >= 4 is 51.1 Å². The Morgan fingerprint density at radius 3 is 2.32 bits per heavy atom. The van der Waals surface area contributed by atoms with Gasteiger partial charge in [-0.15, -0.1) is 0 Å². The van der Waals surface area contributed by atoms with Gasteiger partial charge in [-0.2, -0.15) is 4.98 Å². The molecule has 47 heavy (non-hydrogen) atoms.